The van der Waals surface area contributed by atoms with Crippen molar-refractivity contribution in [2.75, 3.05) is 0 Å². The summed E-state index contributed by atoms with van der Waals surface area (Å²) in [6.45, 7) is 0.300. The number of nitrogens with one attached hydrogen (secondary N) is 1. The maximum atomic E-state index is 12.7. The van der Waals surface area contributed by atoms with Crippen LogP contribution < -0.4 is 5.32 Å². The van der Waals surface area contributed by atoms with Gasteiger partial charge in [-0.25, -0.2) is 9.50 Å². The zero-order valence-corrected chi connectivity index (χ0v) is 16.0. The van der Waals surface area contributed by atoms with Crippen molar-refractivity contribution in [2.24, 2.45) is 0 Å². The molecule has 0 saturated heterocycles. The number of hydrogen-bond acceptors (Lipinski definition) is 4. The number of fused-ring (bicyclic) bond motifs is 1. The van der Waals surface area contributed by atoms with E-state index in [0.29, 0.717) is 23.6 Å². The van der Waals surface area contributed by atoms with Crippen LogP contribution in [0.15, 0.2) is 95.6 Å². The Bertz CT molecular complexity index is 1290. The predicted molar refractivity (Wildman–Crippen MR) is 114 cm³/mol. The van der Waals surface area contributed by atoms with Crippen molar-refractivity contribution in [3.05, 3.63) is 103 Å². The average Bonchev–Trinajstić information content (AvgIpc) is 3.48. The summed E-state index contributed by atoms with van der Waals surface area (Å²) >= 11 is 0. The summed E-state index contributed by atoms with van der Waals surface area (Å²) in [5, 5.41) is 7.37. The van der Waals surface area contributed by atoms with E-state index in [2.05, 4.69) is 10.4 Å². The molecule has 2 aromatic carbocycles. The van der Waals surface area contributed by atoms with E-state index in [1.807, 2.05) is 72.8 Å². The summed E-state index contributed by atoms with van der Waals surface area (Å²) in [6, 6.07) is 27.2. The highest BCUT2D eigenvalue weighted by Gasteiger charge is 2.16. The first-order chi connectivity index (χ1) is 14.8. The standard InChI is InChI=1S/C24H18N4O2/c29-24(25-16-19-12-7-13-30-19)21-15-23-26-20(17-8-3-1-4-9-17)14-22(28(23)27-21)18-10-5-2-6-11-18/h1-15H,16H2,(H,25,29). The molecule has 0 saturated carbocycles. The molecule has 0 aliphatic rings. The van der Waals surface area contributed by atoms with Crippen LogP contribution in [0.3, 0.4) is 0 Å². The molecule has 0 bridgehead atoms. The Morgan fingerprint density at radius 1 is 0.900 bits per heavy atom. The molecule has 1 amide bonds. The fourth-order valence-electron chi connectivity index (χ4n) is 3.33. The van der Waals surface area contributed by atoms with Gasteiger partial charge in [0.15, 0.2) is 11.3 Å². The third-order valence-electron chi connectivity index (χ3n) is 4.80. The normalized spacial score (nSPS) is 10.9. The lowest BCUT2D eigenvalue weighted by atomic mass is 10.1. The van der Waals surface area contributed by atoms with Gasteiger partial charge in [0.2, 0.25) is 0 Å². The Balaban J connectivity index is 1.58. The van der Waals surface area contributed by atoms with E-state index in [0.717, 1.165) is 22.5 Å². The zero-order valence-electron chi connectivity index (χ0n) is 16.0. The molecule has 5 aromatic rings. The van der Waals surface area contributed by atoms with Gasteiger partial charge in [-0.2, -0.15) is 5.10 Å². The van der Waals surface area contributed by atoms with Gasteiger partial charge >= 0.3 is 0 Å². The number of nitrogens with zero attached hydrogens (tertiary/aromatic N) is 3. The quantitative estimate of drug-likeness (QED) is 0.473. The number of furan rings is 1. The summed E-state index contributed by atoms with van der Waals surface area (Å²) in [7, 11) is 0. The molecule has 3 aromatic heterocycles. The van der Waals surface area contributed by atoms with E-state index in [4.69, 9.17) is 9.40 Å². The smallest absolute Gasteiger partial charge is 0.272 e. The van der Waals surface area contributed by atoms with Crippen LogP contribution in [0.2, 0.25) is 0 Å². The van der Waals surface area contributed by atoms with Crippen LogP contribution in [-0.2, 0) is 6.54 Å². The van der Waals surface area contributed by atoms with Gasteiger partial charge in [0, 0.05) is 17.2 Å². The lowest BCUT2D eigenvalue weighted by Gasteiger charge is -2.08. The van der Waals surface area contributed by atoms with E-state index >= 15 is 0 Å². The Kier molecular flexibility index (Phi) is 4.57. The second kappa shape index (κ2) is 7.67. The maximum Gasteiger partial charge on any atom is 0.272 e. The molecule has 5 rings (SSSR count). The third kappa shape index (κ3) is 3.46. The average molecular weight is 394 g/mol. The van der Waals surface area contributed by atoms with E-state index in [1.54, 1.807) is 22.9 Å². The second-order valence-corrected chi connectivity index (χ2v) is 6.82. The van der Waals surface area contributed by atoms with Crippen LogP contribution in [0.1, 0.15) is 16.2 Å². The molecule has 0 radical (unpaired) electrons. The summed E-state index contributed by atoms with van der Waals surface area (Å²) < 4.78 is 6.98. The highest BCUT2D eigenvalue weighted by Crippen LogP contribution is 2.26. The molecule has 6 nitrogen and oxygen atoms in total. The first-order valence-electron chi connectivity index (χ1n) is 9.60. The first-order valence-corrected chi connectivity index (χ1v) is 9.60. The van der Waals surface area contributed by atoms with Crippen LogP contribution in [0.5, 0.6) is 0 Å². The van der Waals surface area contributed by atoms with Crippen molar-refractivity contribution in [1.29, 1.82) is 0 Å². The van der Waals surface area contributed by atoms with Crippen molar-refractivity contribution >= 4 is 11.6 Å². The van der Waals surface area contributed by atoms with E-state index < -0.39 is 0 Å². The van der Waals surface area contributed by atoms with Gasteiger partial charge in [-0.15, -0.1) is 0 Å². The van der Waals surface area contributed by atoms with Crippen LogP contribution in [0.25, 0.3) is 28.2 Å². The molecule has 1 N–H and O–H groups in total. The predicted octanol–water partition coefficient (Wildman–Crippen LogP) is 4.59. The molecular formula is C24H18N4O2. The summed E-state index contributed by atoms with van der Waals surface area (Å²) in [4.78, 5) is 17.4. The Hall–Kier alpha value is -4.19. The minimum atomic E-state index is -0.280. The number of amides is 1. The van der Waals surface area contributed by atoms with Crippen LogP contribution in [0.4, 0.5) is 0 Å². The number of rotatable bonds is 5. The molecule has 0 spiro atoms. The van der Waals surface area contributed by atoms with Crippen molar-refractivity contribution in [2.45, 2.75) is 6.54 Å². The van der Waals surface area contributed by atoms with Crippen molar-refractivity contribution in [3.63, 3.8) is 0 Å². The summed E-state index contributed by atoms with van der Waals surface area (Å²) in [5.74, 6) is 0.402. The van der Waals surface area contributed by atoms with Crippen molar-refractivity contribution < 1.29 is 9.21 Å². The molecular weight excluding hydrogens is 376 g/mol. The molecule has 3 heterocycles. The molecule has 0 fully saturated rings. The van der Waals surface area contributed by atoms with Gasteiger partial charge in [-0.05, 0) is 18.2 Å². The van der Waals surface area contributed by atoms with Crippen LogP contribution >= 0.6 is 0 Å². The lowest BCUT2D eigenvalue weighted by molar-refractivity contribution is 0.0942. The van der Waals surface area contributed by atoms with Crippen LogP contribution in [-0.4, -0.2) is 20.5 Å². The molecule has 6 heteroatoms. The largest absolute Gasteiger partial charge is 0.467 e. The topological polar surface area (TPSA) is 72.4 Å². The van der Waals surface area contributed by atoms with E-state index in [1.165, 1.54) is 0 Å². The fourth-order valence-corrected chi connectivity index (χ4v) is 3.33. The Morgan fingerprint density at radius 3 is 2.33 bits per heavy atom. The maximum absolute atomic E-state index is 12.7. The van der Waals surface area contributed by atoms with Gasteiger partial charge in [0.05, 0.1) is 24.2 Å². The van der Waals surface area contributed by atoms with Gasteiger partial charge in [0.1, 0.15) is 5.76 Å². The highest BCUT2D eigenvalue weighted by atomic mass is 16.3. The Labute approximate surface area is 172 Å². The fraction of sp³-hybridized carbons (Fsp3) is 0.0417. The number of carbonyl (C=O) groups is 1. The molecule has 0 aliphatic carbocycles. The lowest BCUT2D eigenvalue weighted by Crippen LogP contribution is -2.23. The number of benzene rings is 2. The summed E-state index contributed by atoms with van der Waals surface area (Å²) in [5.41, 5.74) is 4.60. The molecule has 30 heavy (non-hydrogen) atoms. The summed E-state index contributed by atoms with van der Waals surface area (Å²) in [6.07, 6.45) is 1.58. The number of aromatic nitrogens is 3. The van der Waals surface area contributed by atoms with Gasteiger partial charge in [-0.1, -0.05) is 60.7 Å². The van der Waals surface area contributed by atoms with Gasteiger partial charge in [0.25, 0.3) is 5.91 Å². The van der Waals surface area contributed by atoms with Gasteiger partial charge in [-0.3, -0.25) is 4.79 Å². The van der Waals surface area contributed by atoms with E-state index in [9.17, 15) is 4.79 Å². The molecule has 146 valence electrons. The SMILES string of the molecule is O=C(NCc1ccco1)c1cc2nc(-c3ccccc3)cc(-c3ccccc3)n2n1. The Morgan fingerprint density at radius 2 is 1.63 bits per heavy atom. The third-order valence-corrected chi connectivity index (χ3v) is 4.80. The number of hydrogen-bond donors (Lipinski definition) is 1. The van der Waals surface area contributed by atoms with Crippen molar-refractivity contribution in [1.82, 2.24) is 19.9 Å². The number of carbonyl (C=O) groups excluding carboxylic acids is 1. The minimum absolute atomic E-state index is 0.280. The van der Waals surface area contributed by atoms with Crippen LogP contribution in [0, 0.1) is 0 Å². The zero-order chi connectivity index (χ0) is 20.3. The van der Waals surface area contributed by atoms with Gasteiger partial charge < -0.3 is 9.73 Å². The molecule has 0 aliphatic heterocycles. The van der Waals surface area contributed by atoms with Crippen molar-refractivity contribution in [3.8, 4) is 22.5 Å². The molecule has 0 atom stereocenters. The highest BCUT2D eigenvalue weighted by molar-refractivity contribution is 5.93. The first kappa shape index (κ1) is 17.9. The second-order valence-electron chi connectivity index (χ2n) is 6.82. The molecule has 0 unspecified atom stereocenters. The monoisotopic (exact) mass is 394 g/mol. The van der Waals surface area contributed by atoms with E-state index in [-0.39, 0.29) is 5.91 Å². The minimum Gasteiger partial charge on any atom is -0.467 e.